The zero-order valence-corrected chi connectivity index (χ0v) is 11.3. The van der Waals surface area contributed by atoms with E-state index in [-0.39, 0.29) is 0 Å². The van der Waals surface area contributed by atoms with Gasteiger partial charge >= 0.3 is 0 Å². The Morgan fingerprint density at radius 2 is 2.00 bits per heavy atom. The number of rotatable bonds is 6. The van der Waals surface area contributed by atoms with E-state index in [1.54, 1.807) is 0 Å². The van der Waals surface area contributed by atoms with Crippen LogP contribution in [0.1, 0.15) is 12.0 Å². The summed E-state index contributed by atoms with van der Waals surface area (Å²) in [6.07, 6.45) is 1.15. The minimum absolute atomic E-state index is 0.614. The first-order valence-electron chi connectivity index (χ1n) is 5.40. The van der Waals surface area contributed by atoms with Gasteiger partial charge in [-0.05, 0) is 51.3 Å². The second-order valence-electron chi connectivity index (χ2n) is 3.94. The van der Waals surface area contributed by atoms with Crippen molar-refractivity contribution in [2.24, 2.45) is 0 Å². The van der Waals surface area contributed by atoms with Crippen molar-refractivity contribution in [1.29, 1.82) is 0 Å². The van der Waals surface area contributed by atoms with Crippen LogP contribution in [0.25, 0.3) is 0 Å². The van der Waals surface area contributed by atoms with Crippen LogP contribution in [0.5, 0.6) is 0 Å². The third-order valence-corrected chi connectivity index (χ3v) is 3.14. The molecule has 1 rings (SSSR count). The summed E-state index contributed by atoms with van der Waals surface area (Å²) in [5.74, 6) is 0. The molecule has 0 bridgehead atoms. The molecule has 0 saturated carbocycles. The van der Waals surface area contributed by atoms with Crippen molar-refractivity contribution < 1.29 is 0 Å². The summed E-state index contributed by atoms with van der Waals surface area (Å²) in [5.41, 5.74) is 1.20. The number of halogens is 2. The van der Waals surface area contributed by atoms with Gasteiger partial charge < -0.3 is 10.2 Å². The average molecular weight is 261 g/mol. The van der Waals surface area contributed by atoms with E-state index in [0.717, 1.165) is 26.1 Å². The zero-order chi connectivity index (χ0) is 12.0. The molecule has 2 nitrogen and oxygen atoms in total. The Balaban J connectivity index is 2.43. The van der Waals surface area contributed by atoms with E-state index >= 15 is 0 Å². The third-order valence-electron chi connectivity index (χ3n) is 2.40. The summed E-state index contributed by atoms with van der Waals surface area (Å²) in [4.78, 5) is 2.27. The fraction of sp³-hybridized carbons (Fsp3) is 0.500. The highest BCUT2D eigenvalue weighted by atomic mass is 35.5. The highest BCUT2D eigenvalue weighted by Crippen LogP contribution is 2.23. The van der Waals surface area contributed by atoms with Crippen molar-refractivity contribution in [2.45, 2.75) is 13.0 Å². The standard InChI is InChI=1S/C12H18Cl2N2/c1-15-6-3-7-16(2)9-10-4-5-11(13)12(14)8-10/h4-5,8,15H,3,6-7,9H2,1-2H3. The Bertz CT molecular complexity index is 329. The molecule has 0 aliphatic carbocycles. The van der Waals surface area contributed by atoms with Gasteiger partial charge in [-0.1, -0.05) is 29.3 Å². The van der Waals surface area contributed by atoms with Crippen LogP contribution in [0.15, 0.2) is 18.2 Å². The van der Waals surface area contributed by atoms with Gasteiger partial charge in [0, 0.05) is 6.54 Å². The molecule has 90 valence electrons. The zero-order valence-electron chi connectivity index (χ0n) is 9.76. The minimum atomic E-state index is 0.614. The van der Waals surface area contributed by atoms with Crippen LogP contribution in [-0.4, -0.2) is 32.1 Å². The molecule has 4 heteroatoms. The van der Waals surface area contributed by atoms with Gasteiger partial charge in [0.05, 0.1) is 10.0 Å². The average Bonchev–Trinajstić information content (AvgIpc) is 2.24. The molecule has 1 N–H and O–H groups in total. The second-order valence-corrected chi connectivity index (χ2v) is 4.76. The number of nitrogens with one attached hydrogen (secondary N) is 1. The van der Waals surface area contributed by atoms with Crippen molar-refractivity contribution in [3.05, 3.63) is 33.8 Å². The lowest BCUT2D eigenvalue weighted by molar-refractivity contribution is 0.321. The molecular formula is C12H18Cl2N2. The summed E-state index contributed by atoms with van der Waals surface area (Å²) in [6, 6.07) is 5.79. The molecule has 0 spiro atoms. The Labute approximate surface area is 108 Å². The Morgan fingerprint density at radius 3 is 2.62 bits per heavy atom. The van der Waals surface area contributed by atoms with E-state index in [1.807, 2.05) is 25.2 Å². The lowest BCUT2D eigenvalue weighted by atomic mass is 10.2. The molecule has 0 unspecified atom stereocenters. The van der Waals surface area contributed by atoms with Gasteiger partial charge in [-0.15, -0.1) is 0 Å². The first-order valence-corrected chi connectivity index (χ1v) is 6.16. The highest BCUT2D eigenvalue weighted by molar-refractivity contribution is 6.42. The van der Waals surface area contributed by atoms with E-state index in [9.17, 15) is 0 Å². The van der Waals surface area contributed by atoms with Crippen LogP contribution in [0.2, 0.25) is 10.0 Å². The fourth-order valence-corrected chi connectivity index (χ4v) is 1.88. The largest absolute Gasteiger partial charge is 0.320 e. The quantitative estimate of drug-likeness (QED) is 0.792. The Hall–Kier alpha value is -0.280. The van der Waals surface area contributed by atoms with Crippen molar-refractivity contribution in [3.8, 4) is 0 Å². The second kappa shape index (κ2) is 7.13. The molecule has 0 radical (unpaired) electrons. The van der Waals surface area contributed by atoms with Gasteiger partial charge in [0.2, 0.25) is 0 Å². The molecule has 0 amide bonds. The lowest BCUT2D eigenvalue weighted by Gasteiger charge is -2.16. The van der Waals surface area contributed by atoms with Gasteiger partial charge in [0.1, 0.15) is 0 Å². The molecule has 0 aliphatic heterocycles. The fourth-order valence-electron chi connectivity index (χ4n) is 1.55. The molecule has 0 aromatic heterocycles. The number of hydrogen-bond donors (Lipinski definition) is 1. The molecular weight excluding hydrogens is 243 g/mol. The van der Waals surface area contributed by atoms with Gasteiger partial charge in [-0.3, -0.25) is 0 Å². The van der Waals surface area contributed by atoms with E-state index in [1.165, 1.54) is 5.56 Å². The molecule has 1 aromatic rings. The van der Waals surface area contributed by atoms with E-state index in [2.05, 4.69) is 17.3 Å². The van der Waals surface area contributed by atoms with Gasteiger partial charge in [-0.2, -0.15) is 0 Å². The van der Waals surface area contributed by atoms with Crippen LogP contribution in [0, 0.1) is 0 Å². The molecule has 1 aromatic carbocycles. The Kier molecular flexibility index (Phi) is 6.14. The summed E-state index contributed by atoms with van der Waals surface area (Å²) in [5, 5.41) is 4.38. The normalized spacial score (nSPS) is 11.1. The highest BCUT2D eigenvalue weighted by Gasteiger charge is 2.02. The van der Waals surface area contributed by atoms with Crippen LogP contribution in [0.3, 0.4) is 0 Å². The van der Waals surface area contributed by atoms with Gasteiger partial charge in [0.25, 0.3) is 0 Å². The van der Waals surface area contributed by atoms with E-state index in [4.69, 9.17) is 23.2 Å². The summed E-state index contributed by atoms with van der Waals surface area (Å²) in [6.45, 7) is 3.02. The van der Waals surface area contributed by atoms with Crippen LogP contribution < -0.4 is 5.32 Å². The molecule has 0 fully saturated rings. The number of nitrogens with zero attached hydrogens (tertiary/aromatic N) is 1. The molecule has 0 aliphatic rings. The van der Waals surface area contributed by atoms with Crippen LogP contribution >= 0.6 is 23.2 Å². The molecule has 0 saturated heterocycles. The molecule has 0 heterocycles. The predicted molar refractivity (Wildman–Crippen MR) is 71.3 cm³/mol. The van der Waals surface area contributed by atoms with Gasteiger partial charge in [0.15, 0.2) is 0 Å². The maximum Gasteiger partial charge on any atom is 0.0595 e. The molecule has 0 atom stereocenters. The van der Waals surface area contributed by atoms with Crippen molar-refractivity contribution in [2.75, 3.05) is 27.2 Å². The summed E-state index contributed by atoms with van der Waals surface area (Å²) >= 11 is 11.8. The van der Waals surface area contributed by atoms with Crippen molar-refractivity contribution >= 4 is 23.2 Å². The van der Waals surface area contributed by atoms with Crippen molar-refractivity contribution in [1.82, 2.24) is 10.2 Å². The van der Waals surface area contributed by atoms with E-state index in [0.29, 0.717) is 10.0 Å². The van der Waals surface area contributed by atoms with Crippen molar-refractivity contribution in [3.63, 3.8) is 0 Å². The number of hydrogen-bond acceptors (Lipinski definition) is 2. The number of benzene rings is 1. The predicted octanol–water partition coefficient (Wildman–Crippen LogP) is 3.03. The maximum absolute atomic E-state index is 5.96. The Morgan fingerprint density at radius 1 is 1.25 bits per heavy atom. The summed E-state index contributed by atoms with van der Waals surface area (Å²) < 4.78 is 0. The van der Waals surface area contributed by atoms with Crippen LogP contribution in [0.4, 0.5) is 0 Å². The minimum Gasteiger partial charge on any atom is -0.320 e. The van der Waals surface area contributed by atoms with E-state index < -0.39 is 0 Å². The van der Waals surface area contributed by atoms with Gasteiger partial charge in [-0.25, -0.2) is 0 Å². The smallest absolute Gasteiger partial charge is 0.0595 e. The topological polar surface area (TPSA) is 15.3 Å². The first-order chi connectivity index (χ1) is 7.63. The van der Waals surface area contributed by atoms with Crippen LogP contribution in [-0.2, 0) is 6.54 Å². The summed E-state index contributed by atoms with van der Waals surface area (Å²) in [7, 11) is 4.08. The SMILES string of the molecule is CNCCCN(C)Cc1ccc(Cl)c(Cl)c1. The third kappa shape index (κ3) is 4.71. The molecule has 16 heavy (non-hydrogen) atoms. The lowest BCUT2D eigenvalue weighted by Crippen LogP contribution is -2.22. The monoisotopic (exact) mass is 260 g/mol. The maximum atomic E-state index is 5.96. The first kappa shape index (κ1) is 13.8.